The van der Waals surface area contributed by atoms with Gasteiger partial charge >= 0.3 is 0 Å². The summed E-state index contributed by atoms with van der Waals surface area (Å²) in [6, 6.07) is 10.9. The average molecular weight is 339 g/mol. The number of hydrogen-bond acceptors (Lipinski definition) is 6. The zero-order valence-electron chi connectivity index (χ0n) is 13.7. The monoisotopic (exact) mass is 339 g/mol. The summed E-state index contributed by atoms with van der Waals surface area (Å²) in [6.45, 7) is 3.39. The first-order valence-electron chi connectivity index (χ1n) is 8.04. The maximum atomic E-state index is 12.7. The predicted octanol–water partition coefficient (Wildman–Crippen LogP) is 2.06. The van der Waals surface area contributed by atoms with Crippen LogP contribution in [0.2, 0.25) is 0 Å². The Kier molecular flexibility index (Phi) is 3.93. The molecule has 0 bridgehead atoms. The van der Waals surface area contributed by atoms with Crippen molar-refractivity contribution in [1.29, 1.82) is 0 Å². The molecule has 8 nitrogen and oxygen atoms in total. The van der Waals surface area contributed by atoms with Gasteiger partial charge in [0, 0.05) is 19.2 Å². The van der Waals surface area contributed by atoms with Crippen molar-refractivity contribution in [3.63, 3.8) is 0 Å². The highest BCUT2D eigenvalue weighted by Crippen LogP contribution is 2.24. The summed E-state index contributed by atoms with van der Waals surface area (Å²) in [5.41, 5.74) is 0.270. The van der Waals surface area contributed by atoms with Gasteiger partial charge < -0.3 is 18.7 Å². The second-order valence-corrected chi connectivity index (χ2v) is 5.84. The van der Waals surface area contributed by atoms with Crippen molar-refractivity contribution in [1.82, 2.24) is 24.8 Å². The summed E-state index contributed by atoms with van der Waals surface area (Å²) in [5, 5.41) is 11.9. The number of aromatic nitrogens is 4. The van der Waals surface area contributed by atoms with Gasteiger partial charge in [-0.15, -0.1) is 10.2 Å². The number of hydrogen-bond donors (Lipinski definition) is 0. The van der Waals surface area contributed by atoms with Crippen LogP contribution >= 0.6 is 0 Å². The van der Waals surface area contributed by atoms with Crippen molar-refractivity contribution in [2.45, 2.75) is 26.1 Å². The minimum absolute atomic E-state index is 0.163. The fourth-order valence-electron chi connectivity index (χ4n) is 2.89. The third-order valence-corrected chi connectivity index (χ3v) is 4.23. The third-order valence-electron chi connectivity index (χ3n) is 4.23. The summed E-state index contributed by atoms with van der Waals surface area (Å²) >= 11 is 0. The number of carbonyl (C=O) groups excluding carboxylic acids is 1. The van der Waals surface area contributed by atoms with Crippen LogP contribution in [0.4, 0.5) is 0 Å². The summed E-state index contributed by atoms with van der Waals surface area (Å²) in [4.78, 5) is 14.5. The van der Waals surface area contributed by atoms with Crippen molar-refractivity contribution >= 4 is 5.91 Å². The maximum Gasteiger partial charge on any atom is 0.276 e. The Morgan fingerprint density at radius 1 is 1.32 bits per heavy atom. The third kappa shape index (κ3) is 2.98. The molecule has 0 spiro atoms. The predicted molar refractivity (Wildman–Crippen MR) is 86.8 cm³/mol. The van der Waals surface area contributed by atoms with Crippen LogP contribution in [0.25, 0.3) is 0 Å². The van der Waals surface area contributed by atoms with Gasteiger partial charge in [0.05, 0.1) is 6.04 Å². The maximum absolute atomic E-state index is 12.7. The van der Waals surface area contributed by atoms with E-state index in [2.05, 4.69) is 15.4 Å². The van der Waals surface area contributed by atoms with E-state index in [1.54, 1.807) is 17.3 Å². The smallest absolute Gasteiger partial charge is 0.276 e. The number of rotatable bonds is 4. The molecule has 1 atom stereocenters. The number of amides is 1. The highest BCUT2D eigenvalue weighted by Gasteiger charge is 2.31. The minimum Gasteiger partial charge on any atom is -0.486 e. The molecule has 128 valence electrons. The second kappa shape index (κ2) is 6.39. The van der Waals surface area contributed by atoms with E-state index in [-0.39, 0.29) is 24.2 Å². The van der Waals surface area contributed by atoms with Gasteiger partial charge in [0.1, 0.15) is 18.7 Å². The molecule has 1 unspecified atom stereocenters. The normalized spacial score (nSPS) is 16.5. The molecule has 0 saturated heterocycles. The van der Waals surface area contributed by atoms with E-state index >= 15 is 0 Å². The van der Waals surface area contributed by atoms with Crippen molar-refractivity contribution in [3.8, 4) is 5.75 Å². The van der Waals surface area contributed by atoms with Crippen LogP contribution in [0.1, 0.15) is 35.0 Å². The van der Waals surface area contributed by atoms with Gasteiger partial charge in [0.2, 0.25) is 0 Å². The zero-order chi connectivity index (χ0) is 17.2. The molecule has 1 aromatic carbocycles. The Bertz CT molecular complexity index is 873. The van der Waals surface area contributed by atoms with E-state index in [0.29, 0.717) is 18.8 Å². The van der Waals surface area contributed by atoms with Gasteiger partial charge in [-0.25, -0.2) is 0 Å². The fraction of sp³-hybridized carbons (Fsp3) is 0.294. The number of ether oxygens (including phenoxy) is 1. The standard InChI is InChI=1S/C17H17N5O3/c1-12-16-19-18-11-21(16)7-8-22(12)17(23)15-9-14(25-20-15)10-24-13-5-3-2-4-6-13/h2-6,9,11-12H,7-8,10H2,1H3. The lowest BCUT2D eigenvalue weighted by molar-refractivity contribution is 0.0627. The van der Waals surface area contributed by atoms with E-state index in [0.717, 1.165) is 11.6 Å². The first-order chi connectivity index (χ1) is 12.2. The summed E-state index contributed by atoms with van der Waals surface area (Å²) < 4.78 is 12.8. The van der Waals surface area contributed by atoms with Crippen molar-refractivity contribution in [2.24, 2.45) is 0 Å². The molecule has 1 amide bonds. The average Bonchev–Trinajstić information content (AvgIpc) is 3.30. The molecule has 8 heteroatoms. The SMILES string of the molecule is CC1c2nncn2CCN1C(=O)c1cc(COc2ccccc2)on1. The molecule has 1 aliphatic rings. The first-order valence-corrected chi connectivity index (χ1v) is 8.04. The Balaban J connectivity index is 1.44. The largest absolute Gasteiger partial charge is 0.486 e. The highest BCUT2D eigenvalue weighted by atomic mass is 16.5. The fourth-order valence-corrected chi connectivity index (χ4v) is 2.89. The number of fused-ring (bicyclic) bond motifs is 1. The Morgan fingerprint density at radius 3 is 3.00 bits per heavy atom. The molecular formula is C17H17N5O3. The quantitative estimate of drug-likeness (QED) is 0.723. The van der Waals surface area contributed by atoms with Gasteiger partial charge in [-0.05, 0) is 19.1 Å². The van der Waals surface area contributed by atoms with Crippen LogP contribution < -0.4 is 4.74 Å². The molecular weight excluding hydrogens is 322 g/mol. The first kappa shape index (κ1) is 15.4. The molecule has 4 rings (SSSR count). The number of nitrogens with zero attached hydrogens (tertiary/aromatic N) is 5. The van der Waals surface area contributed by atoms with Crippen LogP contribution in [-0.2, 0) is 13.2 Å². The van der Waals surface area contributed by atoms with Crippen LogP contribution in [0, 0.1) is 0 Å². The Hall–Kier alpha value is -3.16. The van der Waals surface area contributed by atoms with Gasteiger partial charge in [-0.1, -0.05) is 23.4 Å². The molecule has 0 N–H and O–H groups in total. The number of para-hydroxylation sites is 1. The Labute approximate surface area is 144 Å². The molecule has 3 aromatic rings. The topological polar surface area (TPSA) is 86.3 Å². The molecule has 0 radical (unpaired) electrons. The number of benzene rings is 1. The van der Waals surface area contributed by atoms with E-state index in [1.165, 1.54) is 0 Å². The van der Waals surface area contributed by atoms with Crippen LogP contribution in [-0.4, -0.2) is 37.3 Å². The van der Waals surface area contributed by atoms with Gasteiger partial charge in [-0.3, -0.25) is 4.79 Å². The molecule has 3 heterocycles. The van der Waals surface area contributed by atoms with E-state index in [1.807, 2.05) is 41.8 Å². The zero-order valence-corrected chi connectivity index (χ0v) is 13.7. The van der Waals surface area contributed by atoms with Gasteiger partial charge in [0.15, 0.2) is 17.3 Å². The summed E-state index contributed by atoms with van der Waals surface area (Å²) in [7, 11) is 0. The van der Waals surface area contributed by atoms with Crippen LogP contribution in [0.15, 0.2) is 47.2 Å². The molecule has 0 aliphatic carbocycles. The lowest BCUT2D eigenvalue weighted by Crippen LogP contribution is -2.41. The molecule has 25 heavy (non-hydrogen) atoms. The molecule has 0 fully saturated rings. The van der Waals surface area contributed by atoms with Crippen molar-refractivity contribution < 1.29 is 14.1 Å². The highest BCUT2D eigenvalue weighted by molar-refractivity contribution is 5.92. The van der Waals surface area contributed by atoms with Crippen molar-refractivity contribution in [2.75, 3.05) is 6.54 Å². The Morgan fingerprint density at radius 2 is 2.16 bits per heavy atom. The minimum atomic E-state index is -0.184. The van der Waals surface area contributed by atoms with Crippen LogP contribution in [0.3, 0.4) is 0 Å². The van der Waals surface area contributed by atoms with Crippen LogP contribution in [0.5, 0.6) is 5.75 Å². The summed E-state index contributed by atoms with van der Waals surface area (Å²) in [6.07, 6.45) is 1.68. The van der Waals surface area contributed by atoms with E-state index < -0.39 is 0 Å². The molecule has 1 aliphatic heterocycles. The van der Waals surface area contributed by atoms with Crippen molar-refractivity contribution in [3.05, 3.63) is 60.0 Å². The number of carbonyl (C=O) groups is 1. The second-order valence-electron chi connectivity index (χ2n) is 5.84. The summed E-state index contributed by atoms with van der Waals surface area (Å²) in [5.74, 6) is 1.82. The lowest BCUT2D eigenvalue weighted by atomic mass is 10.2. The van der Waals surface area contributed by atoms with E-state index in [4.69, 9.17) is 9.26 Å². The molecule has 0 saturated carbocycles. The van der Waals surface area contributed by atoms with E-state index in [9.17, 15) is 4.79 Å². The lowest BCUT2D eigenvalue weighted by Gasteiger charge is -2.32. The van der Waals surface area contributed by atoms with Gasteiger partial charge in [-0.2, -0.15) is 0 Å². The van der Waals surface area contributed by atoms with Gasteiger partial charge in [0.25, 0.3) is 5.91 Å². The molecule has 2 aromatic heterocycles.